The van der Waals surface area contributed by atoms with Gasteiger partial charge in [0, 0.05) is 19.3 Å². The normalized spacial score (nSPS) is 12.5. The molecule has 0 aliphatic carbocycles. The Morgan fingerprint density at radius 2 is 0.487 bits per heavy atom. The standard InChI is InChI=1S/C74H132O6/c1-4-7-10-13-16-19-22-25-28-31-34-36-37-39-40-43-46-49-52-55-58-61-64-67-73(76)79-70-71(69-78-72(75)66-63-60-57-54-51-48-45-42-33-30-27-24-21-18-15-12-9-6-3)80-74(77)68-65-62-59-56-53-50-47-44-41-38-35-32-29-26-23-20-17-14-11-8-5-2/h8,11,17,20,26,29-30,33,35,38,44,47,71H,4-7,9-10,12-16,18-19,21-25,27-28,31-32,34,36-37,39-43,45-46,48-70H2,1-3H3/b11-8-,20-17-,29-26-,33-30-,38-35-,47-44-. The molecular weight excluding hydrogens is 985 g/mol. The third-order valence-corrected chi connectivity index (χ3v) is 15.4. The number of carbonyl (C=O) groups is 3. The Balaban J connectivity index is 4.37. The molecule has 0 fully saturated rings. The molecule has 80 heavy (non-hydrogen) atoms. The van der Waals surface area contributed by atoms with E-state index in [2.05, 4.69) is 93.7 Å². The number of esters is 3. The molecule has 0 aromatic heterocycles. The lowest BCUT2D eigenvalue weighted by Gasteiger charge is -2.18. The van der Waals surface area contributed by atoms with Crippen LogP contribution < -0.4 is 0 Å². The lowest BCUT2D eigenvalue weighted by atomic mass is 10.0. The smallest absolute Gasteiger partial charge is 0.306 e. The van der Waals surface area contributed by atoms with Gasteiger partial charge in [0.25, 0.3) is 0 Å². The van der Waals surface area contributed by atoms with Gasteiger partial charge in [0.2, 0.25) is 0 Å². The van der Waals surface area contributed by atoms with Crippen molar-refractivity contribution < 1.29 is 28.6 Å². The van der Waals surface area contributed by atoms with E-state index in [1.54, 1.807) is 0 Å². The molecule has 1 atom stereocenters. The highest BCUT2D eigenvalue weighted by molar-refractivity contribution is 5.71. The fourth-order valence-electron chi connectivity index (χ4n) is 10.2. The molecule has 6 nitrogen and oxygen atoms in total. The van der Waals surface area contributed by atoms with Crippen molar-refractivity contribution in [2.24, 2.45) is 0 Å². The quantitative estimate of drug-likeness (QED) is 0.0261. The number of hydrogen-bond acceptors (Lipinski definition) is 6. The van der Waals surface area contributed by atoms with E-state index >= 15 is 0 Å². The number of carbonyl (C=O) groups excluding carboxylic acids is 3. The second kappa shape index (κ2) is 68.3. The number of rotatable bonds is 64. The van der Waals surface area contributed by atoms with Crippen LogP contribution in [0.4, 0.5) is 0 Å². The topological polar surface area (TPSA) is 78.9 Å². The zero-order chi connectivity index (χ0) is 57.8. The molecule has 0 bridgehead atoms. The molecule has 464 valence electrons. The summed E-state index contributed by atoms with van der Waals surface area (Å²) in [5, 5.41) is 0. The predicted octanol–water partition coefficient (Wildman–Crippen LogP) is 24.1. The van der Waals surface area contributed by atoms with Crippen molar-refractivity contribution in [3.8, 4) is 0 Å². The predicted molar refractivity (Wildman–Crippen MR) is 348 cm³/mol. The molecule has 0 saturated carbocycles. The number of allylic oxidation sites excluding steroid dienone is 12. The Hall–Kier alpha value is -3.15. The van der Waals surface area contributed by atoms with Gasteiger partial charge in [-0.25, -0.2) is 0 Å². The maximum atomic E-state index is 13.0. The first kappa shape index (κ1) is 76.9. The highest BCUT2D eigenvalue weighted by Gasteiger charge is 2.19. The van der Waals surface area contributed by atoms with E-state index in [1.165, 1.54) is 212 Å². The zero-order valence-electron chi connectivity index (χ0n) is 53.3. The minimum absolute atomic E-state index is 0.0814. The summed E-state index contributed by atoms with van der Waals surface area (Å²) in [6.45, 7) is 6.57. The van der Waals surface area contributed by atoms with Crippen molar-refractivity contribution in [2.45, 2.75) is 367 Å². The van der Waals surface area contributed by atoms with Gasteiger partial charge in [0.05, 0.1) is 0 Å². The van der Waals surface area contributed by atoms with E-state index in [1.807, 2.05) is 0 Å². The van der Waals surface area contributed by atoms with Gasteiger partial charge in [0.15, 0.2) is 6.10 Å². The zero-order valence-corrected chi connectivity index (χ0v) is 53.3. The molecule has 0 amide bonds. The molecule has 0 aromatic rings. The minimum Gasteiger partial charge on any atom is -0.462 e. The number of ether oxygens (including phenoxy) is 3. The van der Waals surface area contributed by atoms with Crippen LogP contribution in [0.5, 0.6) is 0 Å². The van der Waals surface area contributed by atoms with Gasteiger partial charge in [-0.3, -0.25) is 14.4 Å². The molecule has 0 aliphatic rings. The summed E-state index contributed by atoms with van der Waals surface area (Å²) in [6, 6.07) is 0. The summed E-state index contributed by atoms with van der Waals surface area (Å²) in [5.74, 6) is -0.883. The Kier molecular flexibility index (Phi) is 65.7. The monoisotopic (exact) mass is 1120 g/mol. The van der Waals surface area contributed by atoms with E-state index < -0.39 is 6.10 Å². The maximum absolute atomic E-state index is 13.0. The molecule has 0 saturated heterocycles. The average Bonchev–Trinajstić information content (AvgIpc) is 3.46. The summed E-state index contributed by atoms with van der Waals surface area (Å²) in [6.07, 6.45) is 89.2. The van der Waals surface area contributed by atoms with Crippen LogP contribution in [0.3, 0.4) is 0 Å². The Labute approximate surface area is 497 Å². The third-order valence-electron chi connectivity index (χ3n) is 15.4. The third kappa shape index (κ3) is 65.7. The molecular formula is C74H132O6. The van der Waals surface area contributed by atoms with Crippen molar-refractivity contribution in [2.75, 3.05) is 13.2 Å². The number of hydrogen-bond donors (Lipinski definition) is 0. The van der Waals surface area contributed by atoms with E-state index in [-0.39, 0.29) is 31.1 Å². The highest BCUT2D eigenvalue weighted by Crippen LogP contribution is 2.18. The molecule has 1 unspecified atom stereocenters. The van der Waals surface area contributed by atoms with E-state index in [9.17, 15) is 14.4 Å². The fraction of sp³-hybridized carbons (Fsp3) is 0.797. The van der Waals surface area contributed by atoms with Crippen LogP contribution in [-0.4, -0.2) is 37.2 Å². The molecule has 0 spiro atoms. The van der Waals surface area contributed by atoms with E-state index in [0.29, 0.717) is 19.3 Å². The van der Waals surface area contributed by atoms with Crippen molar-refractivity contribution in [1.82, 2.24) is 0 Å². The molecule has 0 N–H and O–H groups in total. The first-order chi connectivity index (χ1) is 39.5. The lowest BCUT2D eigenvalue weighted by molar-refractivity contribution is -0.167. The van der Waals surface area contributed by atoms with Crippen LogP contribution in [0.1, 0.15) is 361 Å². The molecule has 0 heterocycles. The lowest BCUT2D eigenvalue weighted by Crippen LogP contribution is -2.30. The van der Waals surface area contributed by atoms with Crippen LogP contribution in [0.2, 0.25) is 0 Å². The van der Waals surface area contributed by atoms with Gasteiger partial charge in [-0.1, -0.05) is 325 Å². The summed E-state index contributed by atoms with van der Waals surface area (Å²) in [7, 11) is 0. The Morgan fingerprint density at radius 3 is 0.775 bits per heavy atom. The second-order valence-corrected chi connectivity index (χ2v) is 23.4. The van der Waals surface area contributed by atoms with E-state index in [0.717, 1.165) is 109 Å². The first-order valence-corrected chi connectivity index (χ1v) is 34.9. The first-order valence-electron chi connectivity index (χ1n) is 34.9. The van der Waals surface area contributed by atoms with Crippen molar-refractivity contribution in [1.29, 1.82) is 0 Å². The SMILES string of the molecule is CC/C=C\C/C=C\C/C=C\C/C=C\C/C=C\CCCCCCCC(=O)OC(COC(=O)CCCCCCCCC/C=C\CCCCCCCCC)COC(=O)CCCCCCCCCCCCCCCCCCCCCCCCC. The Bertz CT molecular complexity index is 1470. The average molecular weight is 1120 g/mol. The van der Waals surface area contributed by atoms with Gasteiger partial charge in [-0.05, 0) is 89.9 Å². The van der Waals surface area contributed by atoms with Gasteiger partial charge in [0.1, 0.15) is 13.2 Å². The fourth-order valence-corrected chi connectivity index (χ4v) is 10.2. The summed E-state index contributed by atoms with van der Waals surface area (Å²) in [4.78, 5) is 38.5. The summed E-state index contributed by atoms with van der Waals surface area (Å²) >= 11 is 0. The van der Waals surface area contributed by atoms with Gasteiger partial charge < -0.3 is 14.2 Å². The highest BCUT2D eigenvalue weighted by atomic mass is 16.6. The molecule has 0 aromatic carbocycles. The van der Waals surface area contributed by atoms with Crippen LogP contribution in [0, 0.1) is 0 Å². The molecule has 0 rings (SSSR count). The molecule has 0 radical (unpaired) electrons. The van der Waals surface area contributed by atoms with Crippen molar-refractivity contribution >= 4 is 17.9 Å². The molecule has 0 aliphatic heterocycles. The summed E-state index contributed by atoms with van der Waals surface area (Å²) < 4.78 is 17.0. The second-order valence-electron chi connectivity index (χ2n) is 23.4. The van der Waals surface area contributed by atoms with E-state index in [4.69, 9.17) is 14.2 Å². The minimum atomic E-state index is -0.789. The van der Waals surface area contributed by atoms with Crippen LogP contribution in [-0.2, 0) is 28.6 Å². The largest absolute Gasteiger partial charge is 0.462 e. The van der Waals surface area contributed by atoms with Crippen LogP contribution in [0.25, 0.3) is 0 Å². The van der Waals surface area contributed by atoms with Gasteiger partial charge >= 0.3 is 17.9 Å². The van der Waals surface area contributed by atoms with Crippen molar-refractivity contribution in [3.63, 3.8) is 0 Å². The summed E-state index contributed by atoms with van der Waals surface area (Å²) in [5.41, 5.74) is 0. The van der Waals surface area contributed by atoms with Gasteiger partial charge in [-0.15, -0.1) is 0 Å². The van der Waals surface area contributed by atoms with Gasteiger partial charge in [-0.2, -0.15) is 0 Å². The van der Waals surface area contributed by atoms with Crippen molar-refractivity contribution in [3.05, 3.63) is 72.9 Å². The van der Waals surface area contributed by atoms with Crippen LogP contribution in [0.15, 0.2) is 72.9 Å². The number of unbranched alkanes of at least 4 members (excludes halogenated alkanes) is 41. The van der Waals surface area contributed by atoms with Crippen LogP contribution >= 0.6 is 0 Å². The molecule has 6 heteroatoms. The maximum Gasteiger partial charge on any atom is 0.306 e. The Morgan fingerprint density at radius 1 is 0.263 bits per heavy atom.